The van der Waals surface area contributed by atoms with Crippen LogP contribution < -0.4 is 9.84 Å². The van der Waals surface area contributed by atoms with Gasteiger partial charge in [0.05, 0.1) is 11.9 Å². The van der Waals surface area contributed by atoms with E-state index in [1.54, 1.807) is 48.3 Å². The van der Waals surface area contributed by atoms with Crippen molar-refractivity contribution in [3.8, 4) is 17.0 Å². The lowest BCUT2D eigenvalue weighted by molar-refractivity contribution is -0.111. The molecule has 3 rings (SSSR count). The van der Waals surface area contributed by atoms with Crippen LogP contribution in [0.2, 0.25) is 0 Å². The van der Waals surface area contributed by atoms with E-state index in [1.807, 2.05) is 0 Å². The number of aryl methyl sites for hydroxylation is 1. The standard InChI is InChI=1S/C19H15FN3O4P/c1-23-19(13-2-5-15(20)6-3-13)14(12-21-23)4-11-18(24)22-16-7-9-17(10-8-16)27-28(25)26/h2-12H,1H3,(H-,22,24,25,26)/p+1. The number of hydrogen-bond donors (Lipinski definition) is 2. The van der Waals surface area contributed by atoms with Crippen LogP contribution in [-0.4, -0.2) is 20.6 Å². The molecule has 0 aliphatic carbocycles. The minimum atomic E-state index is -2.73. The second kappa shape index (κ2) is 8.56. The van der Waals surface area contributed by atoms with Gasteiger partial charge in [-0.05, 0) is 54.6 Å². The van der Waals surface area contributed by atoms with Gasteiger partial charge in [-0.3, -0.25) is 9.48 Å². The van der Waals surface area contributed by atoms with Crippen LogP contribution in [0.4, 0.5) is 10.1 Å². The van der Waals surface area contributed by atoms with Gasteiger partial charge in [0.1, 0.15) is 5.82 Å². The predicted molar refractivity (Wildman–Crippen MR) is 103 cm³/mol. The van der Waals surface area contributed by atoms with Gasteiger partial charge in [-0.2, -0.15) is 5.10 Å². The Labute approximate surface area is 161 Å². The molecule has 0 saturated carbocycles. The van der Waals surface area contributed by atoms with E-state index in [0.29, 0.717) is 11.3 Å². The molecule has 2 N–H and O–H groups in total. The van der Waals surface area contributed by atoms with Crippen molar-refractivity contribution in [2.45, 2.75) is 0 Å². The van der Waals surface area contributed by atoms with E-state index in [2.05, 4.69) is 14.9 Å². The molecule has 2 aromatic carbocycles. The first-order valence-corrected chi connectivity index (χ1v) is 9.26. The molecular formula is C19H16FN3O4P+. The van der Waals surface area contributed by atoms with Gasteiger partial charge < -0.3 is 5.32 Å². The fraction of sp³-hybridized carbons (Fsp3) is 0.0526. The molecule has 0 spiro atoms. The van der Waals surface area contributed by atoms with E-state index < -0.39 is 8.25 Å². The maximum atomic E-state index is 13.2. The Hall–Kier alpha value is -3.35. The van der Waals surface area contributed by atoms with Gasteiger partial charge in [0.25, 0.3) is 0 Å². The number of benzene rings is 2. The molecule has 28 heavy (non-hydrogen) atoms. The summed E-state index contributed by atoms with van der Waals surface area (Å²) in [7, 11) is -0.970. The smallest absolute Gasteiger partial charge is 0.323 e. The van der Waals surface area contributed by atoms with E-state index in [9.17, 15) is 13.8 Å². The molecule has 0 radical (unpaired) electrons. The van der Waals surface area contributed by atoms with Gasteiger partial charge in [-0.1, -0.05) is 0 Å². The van der Waals surface area contributed by atoms with Crippen LogP contribution in [0.15, 0.2) is 60.8 Å². The molecular weight excluding hydrogens is 384 g/mol. The summed E-state index contributed by atoms with van der Waals surface area (Å²) >= 11 is 0. The van der Waals surface area contributed by atoms with E-state index in [-0.39, 0.29) is 17.5 Å². The maximum absolute atomic E-state index is 13.2. The zero-order chi connectivity index (χ0) is 20.1. The molecule has 0 fully saturated rings. The monoisotopic (exact) mass is 400 g/mol. The topological polar surface area (TPSA) is 93.5 Å². The van der Waals surface area contributed by atoms with Crippen LogP contribution >= 0.6 is 8.25 Å². The summed E-state index contributed by atoms with van der Waals surface area (Å²) in [5, 5.41) is 6.87. The molecule has 1 amide bonds. The lowest BCUT2D eigenvalue weighted by atomic mass is 10.1. The van der Waals surface area contributed by atoms with Crippen molar-refractivity contribution >= 4 is 25.9 Å². The average molecular weight is 400 g/mol. The van der Waals surface area contributed by atoms with Crippen LogP contribution in [0.1, 0.15) is 5.56 Å². The normalized spacial score (nSPS) is 11.5. The number of anilines is 1. The Balaban J connectivity index is 1.71. The van der Waals surface area contributed by atoms with Crippen molar-refractivity contribution in [3.05, 3.63) is 72.2 Å². The molecule has 1 heterocycles. The molecule has 1 aromatic heterocycles. The minimum absolute atomic E-state index is 0.219. The van der Waals surface area contributed by atoms with Crippen molar-refractivity contribution in [3.63, 3.8) is 0 Å². The Bertz CT molecular complexity index is 1030. The molecule has 142 valence electrons. The average Bonchev–Trinajstić information content (AvgIpc) is 3.02. The summed E-state index contributed by atoms with van der Waals surface area (Å²) in [6, 6.07) is 12.1. The fourth-order valence-corrected chi connectivity index (χ4v) is 2.88. The van der Waals surface area contributed by atoms with Gasteiger partial charge >= 0.3 is 8.25 Å². The van der Waals surface area contributed by atoms with Gasteiger partial charge in [0.15, 0.2) is 5.75 Å². The van der Waals surface area contributed by atoms with Gasteiger partial charge in [-0.25, -0.2) is 8.91 Å². The number of carbonyl (C=O) groups excluding carboxylic acids is 1. The molecule has 0 aliphatic rings. The molecule has 0 aliphatic heterocycles. The third-order valence-electron chi connectivity index (χ3n) is 3.80. The number of carbonyl (C=O) groups is 1. The maximum Gasteiger partial charge on any atom is 0.747 e. The highest BCUT2D eigenvalue weighted by Gasteiger charge is 2.14. The lowest BCUT2D eigenvalue weighted by Crippen LogP contribution is -2.07. The Morgan fingerprint density at radius 1 is 1.21 bits per heavy atom. The first kappa shape index (κ1) is 19.4. The molecule has 0 bridgehead atoms. The third-order valence-corrected chi connectivity index (χ3v) is 4.17. The van der Waals surface area contributed by atoms with Crippen molar-refractivity contribution in [1.82, 2.24) is 9.78 Å². The van der Waals surface area contributed by atoms with Crippen LogP contribution in [0, 0.1) is 5.82 Å². The van der Waals surface area contributed by atoms with E-state index >= 15 is 0 Å². The SMILES string of the molecule is Cn1ncc(C=CC(=O)Nc2ccc(O[P+](=O)O)cc2)c1-c1ccc(F)cc1. The molecule has 0 saturated heterocycles. The van der Waals surface area contributed by atoms with Gasteiger partial charge in [-0.15, -0.1) is 4.89 Å². The van der Waals surface area contributed by atoms with Crippen LogP contribution in [0.3, 0.4) is 0 Å². The minimum Gasteiger partial charge on any atom is -0.323 e. The van der Waals surface area contributed by atoms with Crippen LogP contribution in [-0.2, 0) is 16.4 Å². The van der Waals surface area contributed by atoms with E-state index in [0.717, 1.165) is 11.3 Å². The summed E-state index contributed by atoms with van der Waals surface area (Å²) < 4.78 is 30.1. The van der Waals surface area contributed by atoms with E-state index in [1.165, 1.54) is 30.3 Å². The molecule has 1 atom stereocenters. The second-order valence-electron chi connectivity index (χ2n) is 5.76. The lowest BCUT2D eigenvalue weighted by Gasteiger charge is -2.04. The van der Waals surface area contributed by atoms with Gasteiger partial charge in [0, 0.05) is 34.5 Å². The number of hydrogen-bond acceptors (Lipinski definition) is 4. The number of halogens is 1. The fourth-order valence-electron chi connectivity index (χ4n) is 2.58. The number of amides is 1. The molecule has 1 unspecified atom stereocenters. The van der Waals surface area contributed by atoms with Gasteiger partial charge in [0.2, 0.25) is 5.91 Å². The Morgan fingerprint density at radius 3 is 2.54 bits per heavy atom. The number of nitrogens with one attached hydrogen (secondary N) is 1. The third kappa shape index (κ3) is 4.88. The van der Waals surface area contributed by atoms with Crippen molar-refractivity contribution in [2.24, 2.45) is 7.05 Å². The predicted octanol–water partition coefficient (Wildman–Crippen LogP) is 3.91. The highest BCUT2D eigenvalue weighted by Crippen LogP contribution is 2.25. The van der Waals surface area contributed by atoms with Crippen LogP contribution in [0.25, 0.3) is 17.3 Å². The number of aromatic nitrogens is 2. The zero-order valence-electron chi connectivity index (χ0n) is 14.7. The highest BCUT2D eigenvalue weighted by molar-refractivity contribution is 7.32. The Kier molecular flexibility index (Phi) is 5.93. The van der Waals surface area contributed by atoms with Crippen LogP contribution in [0.5, 0.6) is 5.75 Å². The summed E-state index contributed by atoms with van der Waals surface area (Å²) in [6.07, 6.45) is 4.60. The molecule has 7 nitrogen and oxygen atoms in total. The molecule has 3 aromatic rings. The van der Waals surface area contributed by atoms with E-state index in [4.69, 9.17) is 4.89 Å². The first-order chi connectivity index (χ1) is 13.4. The highest BCUT2D eigenvalue weighted by atomic mass is 31.1. The largest absolute Gasteiger partial charge is 0.747 e. The summed E-state index contributed by atoms with van der Waals surface area (Å²) in [5.74, 6) is -0.475. The quantitative estimate of drug-likeness (QED) is 0.483. The van der Waals surface area contributed by atoms with Crippen molar-refractivity contribution < 1.29 is 23.2 Å². The van der Waals surface area contributed by atoms with Crippen molar-refractivity contribution in [1.29, 1.82) is 0 Å². The Morgan fingerprint density at radius 2 is 1.89 bits per heavy atom. The number of nitrogens with zero attached hydrogens (tertiary/aromatic N) is 2. The van der Waals surface area contributed by atoms with Crippen molar-refractivity contribution in [2.75, 3.05) is 5.32 Å². The summed E-state index contributed by atoms with van der Waals surface area (Å²) in [5.41, 5.74) is 2.74. The molecule has 9 heteroatoms. The summed E-state index contributed by atoms with van der Waals surface area (Å²) in [6.45, 7) is 0. The first-order valence-electron chi connectivity index (χ1n) is 8.13. The zero-order valence-corrected chi connectivity index (χ0v) is 15.6. The second-order valence-corrected chi connectivity index (χ2v) is 6.41. The summed E-state index contributed by atoms with van der Waals surface area (Å²) in [4.78, 5) is 20.9. The number of rotatable bonds is 6.